The predicted molar refractivity (Wildman–Crippen MR) is 64.6 cm³/mol. The Bertz CT molecular complexity index is 483. The Balaban J connectivity index is 2.13. The fraction of sp³-hybridized carbons (Fsp3) is 0.154. The molecule has 2 aromatic rings. The van der Waals surface area contributed by atoms with Crippen LogP contribution < -0.4 is 10.5 Å². The first-order valence-electron chi connectivity index (χ1n) is 5.34. The van der Waals surface area contributed by atoms with Crippen molar-refractivity contribution in [2.24, 2.45) is 5.73 Å². The van der Waals surface area contributed by atoms with Crippen molar-refractivity contribution in [3.05, 3.63) is 53.7 Å². The van der Waals surface area contributed by atoms with Gasteiger partial charge in [0.05, 0.1) is 6.61 Å². The molecule has 0 unspecified atom stereocenters. The van der Waals surface area contributed by atoms with Crippen LogP contribution in [0.15, 0.2) is 42.6 Å². The number of benzene rings is 1. The van der Waals surface area contributed by atoms with Gasteiger partial charge in [-0.1, -0.05) is 12.1 Å². The fourth-order valence-electron chi connectivity index (χ4n) is 1.42. The number of aromatic nitrogens is 1. The summed E-state index contributed by atoms with van der Waals surface area (Å²) in [6, 6.07) is 10.9. The molecule has 0 aliphatic carbocycles. The summed E-state index contributed by atoms with van der Waals surface area (Å²) in [5.41, 5.74) is 7.36. The molecule has 1 aromatic heterocycles. The van der Waals surface area contributed by atoms with E-state index < -0.39 is 0 Å². The lowest BCUT2D eigenvalue weighted by Gasteiger charge is -2.06. The minimum Gasteiger partial charge on any atom is -0.439 e. The van der Waals surface area contributed by atoms with Gasteiger partial charge in [0.15, 0.2) is 0 Å². The van der Waals surface area contributed by atoms with E-state index in [1.54, 1.807) is 24.4 Å². The van der Waals surface area contributed by atoms with E-state index >= 15 is 0 Å². The molecule has 1 aromatic carbocycles. The smallest absolute Gasteiger partial charge is 0.219 e. The summed E-state index contributed by atoms with van der Waals surface area (Å²) in [4.78, 5) is 4.10. The lowest BCUT2D eigenvalue weighted by molar-refractivity contribution is 0.281. The molecule has 88 valence electrons. The lowest BCUT2D eigenvalue weighted by atomic mass is 10.2. The van der Waals surface area contributed by atoms with Crippen molar-refractivity contribution in [2.75, 3.05) is 0 Å². The highest BCUT2D eigenvalue weighted by Crippen LogP contribution is 2.20. The van der Waals surface area contributed by atoms with Crippen molar-refractivity contribution >= 4 is 0 Å². The first-order chi connectivity index (χ1) is 8.31. The van der Waals surface area contributed by atoms with E-state index in [1.165, 1.54) is 0 Å². The molecule has 0 bridgehead atoms. The molecule has 0 aliphatic rings. The zero-order valence-corrected chi connectivity index (χ0v) is 9.34. The highest BCUT2D eigenvalue weighted by molar-refractivity contribution is 5.31. The van der Waals surface area contributed by atoms with Crippen molar-refractivity contribution in [2.45, 2.75) is 13.2 Å². The standard InChI is InChI=1S/C13H14N2O2/c14-8-11-5-6-15-13(7-11)17-12-3-1-10(9-16)2-4-12/h1-7,16H,8-9,14H2. The molecule has 17 heavy (non-hydrogen) atoms. The monoisotopic (exact) mass is 230 g/mol. The van der Waals surface area contributed by atoms with E-state index in [0.29, 0.717) is 18.2 Å². The van der Waals surface area contributed by atoms with Gasteiger partial charge in [-0.2, -0.15) is 0 Å². The number of nitrogens with zero attached hydrogens (tertiary/aromatic N) is 1. The van der Waals surface area contributed by atoms with Crippen LogP contribution in [0.4, 0.5) is 0 Å². The van der Waals surface area contributed by atoms with Crippen LogP contribution in [-0.2, 0) is 13.2 Å². The first-order valence-corrected chi connectivity index (χ1v) is 5.34. The van der Waals surface area contributed by atoms with Gasteiger partial charge < -0.3 is 15.6 Å². The second-order valence-corrected chi connectivity index (χ2v) is 3.61. The summed E-state index contributed by atoms with van der Waals surface area (Å²) in [5.74, 6) is 1.20. The van der Waals surface area contributed by atoms with E-state index in [9.17, 15) is 0 Å². The molecule has 3 N–H and O–H groups in total. The molecule has 0 saturated heterocycles. The first kappa shape index (κ1) is 11.6. The Hall–Kier alpha value is -1.91. The second-order valence-electron chi connectivity index (χ2n) is 3.61. The van der Waals surface area contributed by atoms with Crippen LogP contribution in [0.3, 0.4) is 0 Å². The van der Waals surface area contributed by atoms with Crippen LogP contribution in [0.25, 0.3) is 0 Å². The van der Waals surface area contributed by atoms with E-state index in [1.807, 2.05) is 18.2 Å². The summed E-state index contributed by atoms with van der Waals surface area (Å²) < 4.78 is 5.57. The average Bonchev–Trinajstić information content (AvgIpc) is 2.40. The molecule has 0 radical (unpaired) electrons. The van der Waals surface area contributed by atoms with Crippen molar-refractivity contribution in [3.63, 3.8) is 0 Å². The lowest BCUT2D eigenvalue weighted by Crippen LogP contribution is -1.97. The third kappa shape index (κ3) is 3.03. The highest BCUT2D eigenvalue weighted by Gasteiger charge is 2.00. The highest BCUT2D eigenvalue weighted by atomic mass is 16.5. The van der Waals surface area contributed by atoms with Crippen molar-refractivity contribution in [3.8, 4) is 11.6 Å². The van der Waals surface area contributed by atoms with E-state index in [4.69, 9.17) is 15.6 Å². The quantitative estimate of drug-likeness (QED) is 0.840. The third-order valence-corrected chi connectivity index (χ3v) is 2.36. The van der Waals surface area contributed by atoms with Gasteiger partial charge in [0.1, 0.15) is 5.75 Å². The van der Waals surface area contributed by atoms with Gasteiger partial charge in [-0.25, -0.2) is 4.98 Å². The summed E-state index contributed by atoms with van der Waals surface area (Å²) in [6.07, 6.45) is 1.67. The second kappa shape index (κ2) is 5.43. The SMILES string of the molecule is NCc1ccnc(Oc2ccc(CO)cc2)c1. The number of ether oxygens (including phenoxy) is 1. The maximum Gasteiger partial charge on any atom is 0.219 e. The molecular formula is C13H14N2O2. The van der Waals surface area contributed by atoms with E-state index in [-0.39, 0.29) is 6.61 Å². The molecule has 0 atom stereocenters. The Morgan fingerprint density at radius 2 is 1.88 bits per heavy atom. The number of aliphatic hydroxyl groups excluding tert-OH is 1. The van der Waals surface area contributed by atoms with E-state index in [2.05, 4.69) is 4.98 Å². The number of hydrogen-bond acceptors (Lipinski definition) is 4. The molecule has 0 aliphatic heterocycles. The minimum atomic E-state index is 0.0290. The average molecular weight is 230 g/mol. The summed E-state index contributed by atoms with van der Waals surface area (Å²) in [7, 11) is 0. The molecule has 0 fully saturated rings. The molecule has 2 rings (SSSR count). The van der Waals surface area contributed by atoms with Crippen molar-refractivity contribution in [1.82, 2.24) is 4.98 Å². The summed E-state index contributed by atoms with van der Waals surface area (Å²) in [5, 5.41) is 8.92. The third-order valence-electron chi connectivity index (χ3n) is 2.36. The normalized spacial score (nSPS) is 10.2. The topological polar surface area (TPSA) is 68.4 Å². The Morgan fingerprint density at radius 1 is 1.12 bits per heavy atom. The van der Waals surface area contributed by atoms with Crippen molar-refractivity contribution < 1.29 is 9.84 Å². The maximum absolute atomic E-state index is 8.92. The molecular weight excluding hydrogens is 216 g/mol. The number of rotatable bonds is 4. The van der Waals surface area contributed by atoms with Gasteiger partial charge in [0, 0.05) is 18.8 Å². The summed E-state index contributed by atoms with van der Waals surface area (Å²) in [6.45, 7) is 0.490. The Morgan fingerprint density at radius 3 is 2.53 bits per heavy atom. The number of aliphatic hydroxyl groups is 1. The predicted octanol–water partition coefficient (Wildman–Crippen LogP) is 1.82. The number of pyridine rings is 1. The van der Waals surface area contributed by atoms with Gasteiger partial charge in [-0.05, 0) is 29.3 Å². The van der Waals surface area contributed by atoms with Crippen molar-refractivity contribution in [1.29, 1.82) is 0 Å². The Labute approximate surface area is 99.7 Å². The molecule has 4 nitrogen and oxygen atoms in total. The molecule has 1 heterocycles. The van der Waals surface area contributed by atoms with Gasteiger partial charge in [0.2, 0.25) is 5.88 Å². The Kier molecular flexibility index (Phi) is 3.69. The largest absolute Gasteiger partial charge is 0.439 e. The number of hydrogen-bond donors (Lipinski definition) is 2. The molecule has 0 saturated carbocycles. The van der Waals surface area contributed by atoms with Crippen LogP contribution in [0.2, 0.25) is 0 Å². The molecule has 0 amide bonds. The fourth-order valence-corrected chi connectivity index (χ4v) is 1.42. The van der Waals surface area contributed by atoms with Gasteiger partial charge in [0.25, 0.3) is 0 Å². The molecule has 4 heteroatoms. The van der Waals surface area contributed by atoms with Crippen LogP contribution in [-0.4, -0.2) is 10.1 Å². The minimum absolute atomic E-state index is 0.0290. The maximum atomic E-state index is 8.92. The van der Waals surface area contributed by atoms with Gasteiger partial charge >= 0.3 is 0 Å². The zero-order chi connectivity index (χ0) is 12.1. The summed E-state index contributed by atoms with van der Waals surface area (Å²) >= 11 is 0. The van der Waals surface area contributed by atoms with E-state index in [0.717, 1.165) is 11.1 Å². The van der Waals surface area contributed by atoms with Gasteiger partial charge in [-0.3, -0.25) is 0 Å². The zero-order valence-electron chi connectivity index (χ0n) is 9.34. The molecule has 0 spiro atoms. The van der Waals surface area contributed by atoms with Crippen LogP contribution >= 0.6 is 0 Å². The van der Waals surface area contributed by atoms with Crippen LogP contribution in [0, 0.1) is 0 Å². The van der Waals surface area contributed by atoms with Gasteiger partial charge in [-0.15, -0.1) is 0 Å². The number of nitrogens with two attached hydrogens (primary N) is 1. The van der Waals surface area contributed by atoms with Crippen LogP contribution in [0.5, 0.6) is 11.6 Å². The van der Waals surface area contributed by atoms with Crippen LogP contribution in [0.1, 0.15) is 11.1 Å².